The Balaban J connectivity index is 3.43. The first-order valence-electron chi connectivity index (χ1n) is 5.09. The van der Waals surface area contributed by atoms with Crippen molar-refractivity contribution in [1.29, 1.82) is 0 Å². The van der Waals surface area contributed by atoms with E-state index in [9.17, 15) is 4.79 Å². The summed E-state index contributed by atoms with van der Waals surface area (Å²) in [7, 11) is 0. The fraction of sp³-hybridized carbons (Fsp3) is 0.900. The third-order valence-electron chi connectivity index (χ3n) is 1.66. The molecule has 0 saturated heterocycles. The van der Waals surface area contributed by atoms with Crippen LogP contribution in [0.3, 0.4) is 0 Å². The van der Waals surface area contributed by atoms with Gasteiger partial charge in [-0.1, -0.05) is 0 Å². The van der Waals surface area contributed by atoms with Crippen molar-refractivity contribution in [2.45, 2.75) is 33.0 Å². The maximum absolute atomic E-state index is 10.2. The molecule has 0 aromatic rings. The van der Waals surface area contributed by atoms with Gasteiger partial charge in [0.15, 0.2) is 0 Å². The van der Waals surface area contributed by atoms with Gasteiger partial charge in [-0.2, -0.15) is 0 Å². The standard InChI is InChI=1S/C10H20O5/c1-4-13-5-8(2)14-6-9(3)15-7-10(11)12/h8-9H,4-7H2,1-3H3,(H,11,12). The van der Waals surface area contributed by atoms with Gasteiger partial charge < -0.3 is 19.3 Å². The van der Waals surface area contributed by atoms with E-state index in [1.54, 1.807) is 6.92 Å². The van der Waals surface area contributed by atoms with Gasteiger partial charge >= 0.3 is 5.97 Å². The molecule has 0 aromatic heterocycles. The Morgan fingerprint density at radius 3 is 2.33 bits per heavy atom. The summed E-state index contributed by atoms with van der Waals surface area (Å²) in [6.07, 6.45) is -0.217. The Morgan fingerprint density at radius 1 is 1.20 bits per heavy atom. The third kappa shape index (κ3) is 9.65. The first-order chi connectivity index (χ1) is 7.06. The highest BCUT2D eigenvalue weighted by Gasteiger charge is 2.08. The van der Waals surface area contributed by atoms with Gasteiger partial charge in [0.1, 0.15) is 6.61 Å². The van der Waals surface area contributed by atoms with Crippen LogP contribution in [0.4, 0.5) is 0 Å². The van der Waals surface area contributed by atoms with Crippen LogP contribution < -0.4 is 0 Å². The SMILES string of the molecule is CCOCC(C)OCC(C)OCC(=O)O. The second-order valence-corrected chi connectivity index (χ2v) is 3.32. The highest BCUT2D eigenvalue weighted by Crippen LogP contribution is 1.97. The second-order valence-electron chi connectivity index (χ2n) is 3.32. The normalized spacial score (nSPS) is 14.9. The number of aliphatic carboxylic acids is 1. The first kappa shape index (κ1) is 14.3. The molecule has 2 atom stereocenters. The van der Waals surface area contributed by atoms with Crippen LogP contribution in [0.5, 0.6) is 0 Å². The Hall–Kier alpha value is -0.650. The van der Waals surface area contributed by atoms with Crippen molar-refractivity contribution in [1.82, 2.24) is 0 Å². The van der Waals surface area contributed by atoms with Gasteiger partial charge in [0, 0.05) is 6.61 Å². The zero-order valence-corrected chi connectivity index (χ0v) is 9.56. The van der Waals surface area contributed by atoms with Crippen molar-refractivity contribution < 1.29 is 24.1 Å². The van der Waals surface area contributed by atoms with Crippen LogP contribution in [0.1, 0.15) is 20.8 Å². The average molecular weight is 220 g/mol. The zero-order valence-electron chi connectivity index (χ0n) is 9.56. The lowest BCUT2D eigenvalue weighted by atomic mass is 10.4. The van der Waals surface area contributed by atoms with Gasteiger partial charge in [0.05, 0.1) is 25.4 Å². The summed E-state index contributed by atoms with van der Waals surface area (Å²) in [4.78, 5) is 10.2. The smallest absolute Gasteiger partial charge is 0.329 e. The van der Waals surface area contributed by atoms with E-state index in [2.05, 4.69) is 0 Å². The fourth-order valence-electron chi connectivity index (χ4n) is 0.893. The van der Waals surface area contributed by atoms with Crippen LogP contribution in [-0.4, -0.2) is 49.7 Å². The van der Waals surface area contributed by atoms with E-state index in [1.807, 2.05) is 13.8 Å². The largest absolute Gasteiger partial charge is 0.480 e. The number of carbonyl (C=O) groups is 1. The van der Waals surface area contributed by atoms with Crippen molar-refractivity contribution in [2.75, 3.05) is 26.4 Å². The van der Waals surface area contributed by atoms with Crippen LogP contribution in [0.15, 0.2) is 0 Å². The number of ether oxygens (including phenoxy) is 3. The van der Waals surface area contributed by atoms with E-state index in [0.29, 0.717) is 19.8 Å². The Kier molecular flexibility index (Phi) is 8.27. The number of hydrogen-bond acceptors (Lipinski definition) is 4. The maximum Gasteiger partial charge on any atom is 0.329 e. The maximum atomic E-state index is 10.2. The predicted octanol–water partition coefficient (Wildman–Crippen LogP) is 0.918. The summed E-state index contributed by atoms with van der Waals surface area (Å²) in [6, 6.07) is 0. The highest BCUT2D eigenvalue weighted by atomic mass is 16.6. The molecule has 0 bridgehead atoms. The highest BCUT2D eigenvalue weighted by molar-refractivity contribution is 5.68. The second kappa shape index (κ2) is 8.64. The van der Waals surface area contributed by atoms with Gasteiger partial charge in [-0.05, 0) is 20.8 Å². The summed E-state index contributed by atoms with van der Waals surface area (Å²) in [6.45, 7) is 6.90. The molecule has 5 nitrogen and oxygen atoms in total. The summed E-state index contributed by atoms with van der Waals surface area (Å²) in [5.74, 6) is -0.968. The van der Waals surface area contributed by atoms with Crippen LogP contribution in [0.2, 0.25) is 0 Å². The number of carboxylic acid groups (broad SMARTS) is 1. The average Bonchev–Trinajstić information content (AvgIpc) is 2.20. The third-order valence-corrected chi connectivity index (χ3v) is 1.66. The van der Waals surface area contributed by atoms with Crippen molar-refractivity contribution in [2.24, 2.45) is 0 Å². The lowest BCUT2D eigenvalue weighted by molar-refractivity contribution is -0.145. The van der Waals surface area contributed by atoms with Crippen molar-refractivity contribution in [3.8, 4) is 0 Å². The molecular weight excluding hydrogens is 200 g/mol. The minimum atomic E-state index is -0.968. The quantitative estimate of drug-likeness (QED) is 0.626. The first-order valence-corrected chi connectivity index (χ1v) is 5.09. The summed E-state index contributed by atoms with van der Waals surface area (Å²) in [5, 5.41) is 8.37. The lowest BCUT2D eigenvalue weighted by Gasteiger charge is -2.16. The molecule has 0 fully saturated rings. The minimum absolute atomic E-state index is 0.000767. The molecule has 15 heavy (non-hydrogen) atoms. The predicted molar refractivity (Wildman–Crippen MR) is 55.0 cm³/mol. The molecule has 0 aromatic carbocycles. The molecule has 0 aliphatic rings. The van der Waals surface area contributed by atoms with Crippen LogP contribution in [-0.2, 0) is 19.0 Å². The molecule has 1 N–H and O–H groups in total. The Bertz CT molecular complexity index is 171. The van der Waals surface area contributed by atoms with E-state index in [0.717, 1.165) is 0 Å². The van der Waals surface area contributed by atoms with E-state index < -0.39 is 5.97 Å². The lowest BCUT2D eigenvalue weighted by Crippen LogP contribution is -2.25. The molecule has 2 unspecified atom stereocenters. The molecule has 90 valence electrons. The molecular formula is C10H20O5. The zero-order chi connectivity index (χ0) is 11.7. The molecule has 0 saturated carbocycles. The number of carboxylic acids is 1. The van der Waals surface area contributed by atoms with Crippen molar-refractivity contribution >= 4 is 5.97 Å². The molecule has 0 spiro atoms. The van der Waals surface area contributed by atoms with Crippen LogP contribution in [0.25, 0.3) is 0 Å². The minimum Gasteiger partial charge on any atom is -0.480 e. The monoisotopic (exact) mass is 220 g/mol. The number of rotatable bonds is 9. The Labute approximate surface area is 90.3 Å². The topological polar surface area (TPSA) is 65.0 Å². The summed E-state index contributed by atoms with van der Waals surface area (Å²) in [5.41, 5.74) is 0. The molecule has 0 amide bonds. The Morgan fingerprint density at radius 2 is 1.80 bits per heavy atom. The van der Waals surface area contributed by atoms with Crippen LogP contribution in [0, 0.1) is 0 Å². The molecule has 0 aliphatic carbocycles. The molecule has 0 radical (unpaired) electrons. The van der Waals surface area contributed by atoms with Crippen molar-refractivity contribution in [3.05, 3.63) is 0 Å². The molecule has 5 heteroatoms. The van der Waals surface area contributed by atoms with E-state index in [1.165, 1.54) is 0 Å². The fourth-order valence-corrected chi connectivity index (χ4v) is 0.893. The van der Waals surface area contributed by atoms with Gasteiger partial charge in [0.25, 0.3) is 0 Å². The van der Waals surface area contributed by atoms with Gasteiger partial charge in [-0.15, -0.1) is 0 Å². The van der Waals surface area contributed by atoms with Crippen molar-refractivity contribution in [3.63, 3.8) is 0 Å². The van der Waals surface area contributed by atoms with Gasteiger partial charge in [-0.3, -0.25) is 0 Å². The molecule has 0 aliphatic heterocycles. The number of hydrogen-bond donors (Lipinski definition) is 1. The summed E-state index contributed by atoms with van der Waals surface area (Å²) >= 11 is 0. The molecule has 0 rings (SSSR count). The van der Waals surface area contributed by atoms with Gasteiger partial charge in [-0.25, -0.2) is 4.79 Å². The molecule has 0 heterocycles. The van der Waals surface area contributed by atoms with Gasteiger partial charge in [0.2, 0.25) is 0 Å². The van der Waals surface area contributed by atoms with E-state index >= 15 is 0 Å². The van der Waals surface area contributed by atoms with E-state index in [4.69, 9.17) is 19.3 Å². The van der Waals surface area contributed by atoms with E-state index in [-0.39, 0.29) is 18.8 Å². The summed E-state index contributed by atoms with van der Waals surface area (Å²) < 4.78 is 15.6. The van der Waals surface area contributed by atoms with Crippen LogP contribution >= 0.6 is 0 Å².